The average molecular weight is 392 g/mol. The number of hydrogen-bond donors (Lipinski definition) is 0. The van der Waals surface area contributed by atoms with E-state index in [9.17, 15) is 26.3 Å². The summed E-state index contributed by atoms with van der Waals surface area (Å²) in [7, 11) is -2.77. The summed E-state index contributed by atoms with van der Waals surface area (Å²) >= 11 is 0. The van der Waals surface area contributed by atoms with Crippen molar-refractivity contribution in [2.75, 3.05) is 0 Å². The number of rotatable bonds is 2. The van der Waals surface area contributed by atoms with Crippen molar-refractivity contribution in [1.82, 2.24) is 0 Å². The largest absolute Gasteiger partial charge is 0.416 e. The van der Waals surface area contributed by atoms with E-state index >= 15 is 0 Å². The molecule has 0 saturated heterocycles. The highest BCUT2D eigenvalue weighted by Gasteiger charge is 2.48. The molecular formula is C19H22F6Si. The Bertz CT molecular complexity index is 763. The highest BCUT2D eigenvalue weighted by Crippen LogP contribution is 2.53. The van der Waals surface area contributed by atoms with Gasteiger partial charge in [-0.15, -0.1) is 0 Å². The lowest BCUT2D eigenvalue weighted by Crippen LogP contribution is -2.51. The maximum absolute atomic E-state index is 13.2. The van der Waals surface area contributed by atoms with Crippen molar-refractivity contribution in [3.05, 3.63) is 52.1 Å². The minimum Gasteiger partial charge on any atom is -0.166 e. The van der Waals surface area contributed by atoms with Crippen LogP contribution in [0.2, 0.25) is 18.1 Å². The second kappa shape index (κ2) is 6.01. The molecule has 144 valence electrons. The van der Waals surface area contributed by atoms with Gasteiger partial charge in [0.25, 0.3) is 0 Å². The third-order valence-electron chi connectivity index (χ3n) is 6.05. The zero-order chi connectivity index (χ0) is 20.3. The minimum absolute atomic E-state index is 0.153. The Morgan fingerprint density at radius 2 is 1.23 bits per heavy atom. The predicted octanol–water partition coefficient (Wildman–Crippen LogP) is 6.70. The maximum atomic E-state index is 13.2. The van der Waals surface area contributed by atoms with Crippen LogP contribution in [-0.2, 0) is 12.4 Å². The van der Waals surface area contributed by atoms with Crippen molar-refractivity contribution < 1.29 is 26.3 Å². The van der Waals surface area contributed by atoms with Crippen LogP contribution in [0.1, 0.15) is 38.8 Å². The first-order chi connectivity index (χ1) is 11.5. The zero-order valence-electron chi connectivity index (χ0n) is 15.6. The van der Waals surface area contributed by atoms with Gasteiger partial charge < -0.3 is 0 Å². The van der Waals surface area contributed by atoms with Gasteiger partial charge in [0, 0.05) is 5.04 Å². The molecule has 0 spiro atoms. The average Bonchev–Trinajstić information content (AvgIpc) is 2.69. The van der Waals surface area contributed by atoms with Crippen molar-refractivity contribution in [3.8, 4) is 0 Å². The van der Waals surface area contributed by atoms with Gasteiger partial charge in [0.2, 0.25) is 0 Å². The molecule has 1 atom stereocenters. The zero-order valence-corrected chi connectivity index (χ0v) is 16.6. The van der Waals surface area contributed by atoms with Crippen molar-refractivity contribution in [1.29, 1.82) is 0 Å². The molecule has 2 rings (SSSR count). The number of allylic oxidation sites excluding steroid dienone is 4. The lowest BCUT2D eigenvalue weighted by molar-refractivity contribution is -0.142. The van der Waals surface area contributed by atoms with Crippen LogP contribution in [0.4, 0.5) is 26.3 Å². The smallest absolute Gasteiger partial charge is 0.166 e. The first-order valence-electron chi connectivity index (χ1n) is 8.19. The molecule has 0 amide bonds. The summed E-state index contributed by atoms with van der Waals surface area (Å²) in [5.74, 6) is 0. The molecule has 0 N–H and O–H groups in total. The van der Waals surface area contributed by atoms with Crippen LogP contribution in [0.25, 0.3) is 0 Å². The number of halogens is 6. The van der Waals surface area contributed by atoms with E-state index < -0.39 is 36.6 Å². The first kappa shape index (κ1) is 20.8. The van der Waals surface area contributed by atoms with Gasteiger partial charge in [-0.2, -0.15) is 26.3 Å². The predicted molar refractivity (Wildman–Crippen MR) is 94.1 cm³/mol. The van der Waals surface area contributed by atoms with Crippen LogP contribution in [-0.4, -0.2) is 8.07 Å². The van der Waals surface area contributed by atoms with Crippen LogP contribution in [0.5, 0.6) is 0 Å². The Morgan fingerprint density at radius 3 is 1.54 bits per heavy atom. The molecule has 0 aromatic heterocycles. The van der Waals surface area contributed by atoms with Gasteiger partial charge in [0.15, 0.2) is 0 Å². The maximum Gasteiger partial charge on any atom is 0.416 e. The summed E-state index contributed by atoms with van der Waals surface area (Å²) in [4.78, 5) is 0. The van der Waals surface area contributed by atoms with Gasteiger partial charge >= 0.3 is 12.4 Å². The Balaban J connectivity index is 2.75. The lowest BCUT2D eigenvalue weighted by atomic mass is 10.0. The summed E-state index contributed by atoms with van der Waals surface area (Å²) in [6, 6.07) is 1.99. The van der Waals surface area contributed by atoms with Crippen molar-refractivity contribution in [2.24, 2.45) is 0 Å². The van der Waals surface area contributed by atoms with Gasteiger partial charge in [-0.1, -0.05) is 54.6 Å². The van der Waals surface area contributed by atoms with E-state index in [4.69, 9.17) is 0 Å². The van der Waals surface area contributed by atoms with E-state index in [2.05, 4.69) is 0 Å². The van der Waals surface area contributed by atoms with Gasteiger partial charge in [-0.25, -0.2) is 0 Å². The number of hydrogen-bond acceptors (Lipinski definition) is 0. The molecule has 1 unspecified atom stereocenters. The summed E-state index contributed by atoms with van der Waals surface area (Å²) in [6.45, 7) is 11.3. The highest BCUT2D eigenvalue weighted by molar-refractivity contribution is 6.93. The fourth-order valence-electron chi connectivity index (χ4n) is 3.60. The van der Waals surface area contributed by atoms with Crippen molar-refractivity contribution >= 4 is 13.3 Å². The molecule has 0 aliphatic heterocycles. The Morgan fingerprint density at radius 1 is 0.808 bits per heavy atom. The van der Waals surface area contributed by atoms with E-state index in [0.717, 1.165) is 28.9 Å². The second-order valence-electron chi connectivity index (χ2n) is 7.70. The quantitative estimate of drug-likeness (QED) is 0.388. The SMILES string of the molecule is CC1=CC(C)([Si](C)(C)c2cc(C(F)(F)F)cc(C(F)(F)F)c2)C(C)=C1C. The molecule has 1 aliphatic rings. The van der Waals surface area contributed by atoms with E-state index in [0.29, 0.717) is 0 Å². The molecule has 7 heteroatoms. The molecule has 0 fully saturated rings. The van der Waals surface area contributed by atoms with E-state index in [1.54, 1.807) is 0 Å². The molecule has 0 nitrogen and oxygen atoms in total. The lowest BCUT2D eigenvalue weighted by Gasteiger charge is -2.41. The van der Waals surface area contributed by atoms with Crippen molar-refractivity contribution in [2.45, 2.75) is 58.2 Å². The molecule has 0 bridgehead atoms. The van der Waals surface area contributed by atoms with E-state index in [1.165, 1.54) is 0 Å². The fourth-order valence-corrected chi connectivity index (χ4v) is 6.93. The van der Waals surface area contributed by atoms with Crippen LogP contribution >= 0.6 is 0 Å². The molecule has 0 saturated carbocycles. The van der Waals surface area contributed by atoms with Gasteiger partial charge in [0.05, 0.1) is 19.2 Å². The highest BCUT2D eigenvalue weighted by atomic mass is 28.3. The Hall–Kier alpha value is -1.50. The van der Waals surface area contributed by atoms with Crippen LogP contribution < -0.4 is 5.19 Å². The summed E-state index contributed by atoms with van der Waals surface area (Å²) in [6.07, 6.45) is -7.66. The number of benzene rings is 1. The monoisotopic (exact) mass is 392 g/mol. The topological polar surface area (TPSA) is 0 Å². The van der Waals surface area contributed by atoms with E-state index in [1.807, 2.05) is 46.9 Å². The summed E-state index contributed by atoms with van der Waals surface area (Å²) < 4.78 is 79.3. The summed E-state index contributed by atoms with van der Waals surface area (Å²) in [5, 5.41) is -0.394. The third kappa shape index (κ3) is 3.26. The van der Waals surface area contributed by atoms with Crippen LogP contribution in [0.15, 0.2) is 41.0 Å². The van der Waals surface area contributed by atoms with Crippen LogP contribution in [0, 0.1) is 0 Å². The molecule has 1 aromatic rings. The molecule has 0 radical (unpaired) electrons. The Labute approximate surface area is 150 Å². The minimum atomic E-state index is -4.83. The Kier molecular flexibility index (Phi) is 4.81. The van der Waals surface area contributed by atoms with Gasteiger partial charge in [0.1, 0.15) is 0 Å². The standard InChI is InChI=1S/C19H22F6Si/c1-11-10-17(4,13(3)12(11)2)26(5,6)16-8-14(18(20,21)22)7-15(9-16)19(23,24)25/h7-10H,1-6H3. The van der Waals surface area contributed by atoms with Gasteiger partial charge in [-0.3, -0.25) is 0 Å². The number of alkyl halides is 6. The van der Waals surface area contributed by atoms with Gasteiger partial charge in [-0.05, 0) is 32.4 Å². The molecule has 1 aromatic carbocycles. The molecule has 0 heterocycles. The third-order valence-corrected chi connectivity index (χ3v) is 10.9. The normalized spacial score (nSPS) is 22.1. The second-order valence-corrected chi connectivity index (χ2v) is 12.6. The molecule has 26 heavy (non-hydrogen) atoms. The molecular weight excluding hydrogens is 370 g/mol. The van der Waals surface area contributed by atoms with Crippen molar-refractivity contribution in [3.63, 3.8) is 0 Å². The van der Waals surface area contributed by atoms with E-state index in [-0.39, 0.29) is 11.3 Å². The summed E-state index contributed by atoms with van der Waals surface area (Å²) in [5.41, 5.74) is 0.592. The van der Waals surface area contributed by atoms with Crippen LogP contribution in [0.3, 0.4) is 0 Å². The first-order valence-corrected chi connectivity index (χ1v) is 11.2. The fraction of sp³-hybridized carbons (Fsp3) is 0.474. The molecule has 1 aliphatic carbocycles.